The minimum Gasteiger partial charge on any atom is -0.348 e. The van der Waals surface area contributed by atoms with E-state index in [1.54, 1.807) is 0 Å². The number of benzene rings is 1. The summed E-state index contributed by atoms with van der Waals surface area (Å²) in [5.74, 6) is -0.370. The zero-order chi connectivity index (χ0) is 18.2. The SMILES string of the molecule is Cc1ccc(NC(=O)C(=O)NCCCCN2CCCC(C)C2)c(C)c1. The number of piperidine rings is 1. The van der Waals surface area contributed by atoms with Gasteiger partial charge in [-0.1, -0.05) is 24.6 Å². The van der Waals surface area contributed by atoms with Crippen molar-refractivity contribution in [2.24, 2.45) is 5.92 Å². The van der Waals surface area contributed by atoms with E-state index < -0.39 is 11.8 Å². The molecule has 0 saturated carbocycles. The number of unbranched alkanes of at least 4 members (excludes halogenated alkanes) is 1. The topological polar surface area (TPSA) is 61.4 Å². The maximum Gasteiger partial charge on any atom is 0.313 e. The summed E-state index contributed by atoms with van der Waals surface area (Å²) in [6.07, 6.45) is 4.57. The smallest absolute Gasteiger partial charge is 0.313 e. The predicted octanol–water partition coefficient (Wildman–Crippen LogP) is 2.87. The lowest BCUT2D eigenvalue weighted by molar-refractivity contribution is -0.136. The van der Waals surface area contributed by atoms with Gasteiger partial charge in [-0.3, -0.25) is 9.59 Å². The number of aryl methyl sites for hydroxylation is 2. The molecule has 0 aromatic heterocycles. The number of nitrogens with zero attached hydrogens (tertiary/aromatic N) is 1. The van der Waals surface area contributed by atoms with Crippen molar-refractivity contribution in [2.45, 2.75) is 46.5 Å². The van der Waals surface area contributed by atoms with Crippen LogP contribution < -0.4 is 10.6 Å². The van der Waals surface area contributed by atoms with Gasteiger partial charge in [0.05, 0.1) is 0 Å². The molecule has 2 amide bonds. The van der Waals surface area contributed by atoms with Crippen LogP contribution in [0.4, 0.5) is 5.69 Å². The van der Waals surface area contributed by atoms with Gasteiger partial charge in [0.2, 0.25) is 0 Å². The van der Waals surface area contributed by atoms with Crippen LogP contribution in [0.25, 0.3) is 0 Å². The number of carbonyl (C=O) groups excluding carboxylic acids is 2. The van der Waals surface area contributed by atoms with Crippen molar-refractivity contribution in [1.82, 2.24) is 10.2 Å². The highest BCUT2D eigenvalue weighted by atomic mass is 16.2. The summed E-state index contributed by atoms with van der Waals surface area (Å²) in [7, 11) is 0. The lowest BCUT2D eigenvalue weighted by atomic mass is 10.0. The van der Waals surface area contributed by atoms with Crippen molar-refractivity contribution in [2.75, 3.05) is 31.5 Å². The summed E-state index contributed by atoms with van der Waals surface area (Å²) in [5, 5.41) is 5.39. The van der Waals surface area contributed by atoms with Crippen molar-refractivity contribution < 1.29 is 9.59 Å². The molecule has 0 radical (unpaired) electrons. The molecule has 1 aromatic carbocycles. The average molecular weight is 345 g/mol. The largest absolute Gasteiger partial charge is 0.348 e. The normalized spacial score (nSPS) is 18.0. The first-order valence-corrected chi connectivity index (χ1v) is 9.34. The van der Waals surface area contributed by atoms with Crippen LogP contribution in [0.15, 0.2) is 18.2 Å². The van der Waals surface area contributed by atoms with Gasteiger partial charge in [0.1, 0.15) is 0 Å². The Kier molecular flexibility index (Phi) is 7.44. The van der Waals surface area contributed by atoms with E-state index in [2.05, 4.69) is 22.5 Å². The van der Waals surface area contributed by atoms with Crippen LogP contribution >= 0.6 is 0 Å². The Labute approximate surface area is 151 Å². The molecule has 5 heteroatoms. The van der Waals surface area contributed by atoms with E-state index in [-0.39, 0.29) is 0 Å². The molecular formula is C20H31N3O2. The third kappa shape index (κ3) is 6.50. The average Bonchev–Trinajstić information content (AvgIpc) is 2.57. The van der Waals surface area contributed by atoms with Crippen LogP contribution in [-0.4, -0.2) is 42.9 Å². The zero-order valence-corrected chi connectivity index (χ0v) is 15.7. The number of carbonyl (C=O) groups is 2. The molecule has 1 saturated heterocycles. The van der Waals surface area contributed by atoms with Gasteiger partial charge in [-0.15, -0.1) is 0 Å². The number of rotatable bonds is 6. The van der Waals surface area contributed by atoms with Crippen molar-refractivity contribution in [3.8, 4) is 0 Å². The van der Waals surface area contributed by atoms with Crippen LogP contribution in [0, 0.1) is 19.8 Å². The molecule has 5 nitrogen and oxygen atoms in total. The van der Waals surface area contributed by atoms with Gasteiger partial charge in [0.15, 0.2) is 0 Å². The molecule has 1 atom stereocenters. The maximum absolute atomic E-state index is 12.0. The van der Waals surface area contributed by atoms with E-state index in [9.17, 15) is 9.59 Å². The zero-order valence-electron chi connectivity index (χ0n) is 15.7. The fourth-order valence-corrected chi connectivity index (χ4v) is 3.37. The number of amides is 2. The molecule has 1 aliphatic heterocycles. The highest BCUT2D eigenvalue weighted by Crippen LogP contribution is 2.16. The minimum absolute atomic E-state index is 0.544. The van der Waals surface area contributed by atoms with Gasteiger partial charge >= 0.3 is 11.8 Å². The number of likely N-dealkylation sites (tertiary alicyclic amines) is 1. The molecular weight excluding hydrogens is 314 g/mol. The Hall–Kier alpha value is -1.88. The van der Waals surface area contributed by atoms with Crippen LogP contribution in [0.5, 0.6) is 0 Å². The Morgan fingerprint density at radius 3 is 2.72 bits per heavy atom. The predicted molar refractivity (Wildman–Crippen MR) is 102 cm³/mol. The highest BCUT2D eigenvalue weighted by molar-refractivity contribution is 6.39. The Morgan fingerprint density at radius 2 is 2.00 bits per heavy atom. The number of hydrogen-bond acceptors (Lipinski definition) is 3. The molecule has 1 fully saturated rings. The highest BCUT2D eigenvalue weighted by Gasteiger charge is 2.16. The van der Waals surface area contributed by atoms with Gasteiger partial charge in [-0.05, 0) is 70.2 Å². The first-order chi connectivity index (χ1) is 12.0. The summed E-state index contributed by atoms with van der Waals surface area (Å²) in [6.45, 7) is 10.2. The Balaban J connectivity index is 1.63. The molecule has 0 spiro atoms. The lowest BCUT2D eigenvalue weighted by Crippen LogP contribution is -2.37. The van der Waals surface area contributed by atoms with Crippen molar-refractivity contribution in [3.05, 3.63) is 29.3 Å². The van der Waals surface area contributed by atoms with Crippen LogP contribution in [0.3, 0.4) is 0 Å². The third-order valence-electron chi connectivity index (χ3n) is 4.76. The fraction of sp³-hybridized carbons (Fsp3) is 0.600. The second kappa shape index (κ2) is 9.56. The van der Waals surface area contributed by atoms with Gasteiger partial charge < -0.3 is 15.5 Å². The summed E-state index contributed by atoms with van der Waals surface area (Å²) in [6, 6.07) is 5.73. The van der Waals surface area contributed by atoms with Gasteiger partial charge in [0, 0.05) is 18.8 Å². The minimum atomic E-state index is -0.600. The fourth-order valence-electron chi connectivity index (χ4n) is 3.37. The summed E-state index contributed by atoms with van der Waals surface area (Å²) >= 11 is 0. The van der Waals surface area contributed by atoms with Crippen molar-refractivity contribution in [3.63, 3.8) is 0 Å². The maximum atomic E-state index is 12.0. The molecule has 1 aromatic rings. The first kappa shape index (κ1) is 19.4. The standard InChI is InChI=1S/C20H31N3O2/c1-15-8-9-18(17(3)13-15)22-20(25)19(24)21-10-4-5-11-23-12-6-7-16(2)14-23/h8-9,13,16H,4-7,10-12,14H2,1-3H3,(H,21,24)(H,22,25). The van der Waals surface area contributed by atoms with Gasteiger partial charge in [-0.25, -0.2) is 0 Å². The van der Waals surface area contributed by atoms with Crippen molar-refractivity contribution in [1.29, 1.82) is 0 Å². The summed E-state index contributed by atoms with van der Waals surface area (Å²) in [5.41, 5.74) is 2.77. The molecule has 2 rings (SSSR count). The molecule has 25 heavy (non-hydrogen) atoms. The summed E-state index contributed by atoms with van der Waals surface area (Å²) < 4.78 is 0. The van der Waals surface area contributed by atoms with E-state index in [0.29, 0.717) is 12.2 Å². The molecule has 0 aliphatic carbocycles. The Morgan fingerprint density at radius 1 is 1.20 bits per heavy atom. The molecule has 1 aliphatic rings. The molecule has 1 heterocycles. The van der Waals surface area contributed by atoms with Crippen LogP contribution in [0.1, 0.15) is 43.7 Å². The van der Waals surface area contributed by atoms with Gasteiger partial charge in [-0.2, -0.15) is 0 Å². The van der Waals surface area contributed by atoms with Crippen LogP contribution in [-0.2, 0) is 9.59 Å². The third-order valence-corrected chi connectivity index (χ3v) is 4.76. The van der Waals surface area contributed by atoms with Gasteiger partial charge in [0.25, 0.3) is 0 Å². The molecule has 2 N–H and O–H groups in total. The van der Waals surface area contributed by atoms with E-state index in [1.165, 1.54) is 25.9 Å². The molecule has 138 valence electrons. The number of nitrogens with one attached hydrogen (secondary N) is 2. The van der Waals surface area contributed by atoms with E-state index in [0.717, 1.165) is 36.4 Å². The number of hydrogen-bond donors (Lipinski definition) is 2. The monoisotopic (exact) mass is 345 g/mol. The van der Waals surface area contributed by atoms with Crippen molar-refractivity contribution >= 4 is 17.5 Å². The lowest BCUT2D eigenvalue weighted by Gasteiger charge is -2.30. The van der Waals surface area contributed by atoms with E-state index in [1.807, 2.05) is 32.0 Å². The Bertz CT molecular complexity index is 601. The van der Waals surface area contributed by atoms with E-state index >= 15 is 0 Å². The quantitative estimate of drug-likeness (QED) is 0.616. The number of anilines is 1. The van der Waals surface area contributed by atoms with Crippen LogP contribution in [0.2, 0.25) is 0 Å². The second-order valence-corrected chi connectivity index (χ2v) is 7.28. The summed E-state index contributed by atoms with van der Waals surface area (Å²) in [4.78, 5) is 26.4. The second-order valence-electron chi connectivity index (χ2n) is 7.28. The molecule has 0 bridgehead atoms. The molecule has 1 unspecified atom stereocenters. The first-order valence-electron chi connectivity index (χ1n) is 9.34. The van der Waals surface area contributed by atoms with E-state index in [4.69, 9.17) is 0 Å².